The zero-order valence-corrected chi connectivity index (χ0v) is 18.0. The summed E-state index contributed by atoms with van der Waals surface area (Å²) in [6.07, 6.45) is 4.27. The largest absolute Gasteiger partial charge is 0.497 e. The number of amides is 1. The lowest BCUT2D eigenvalue weighted by molar-refractivity contribution is -0.127. The van der Waals surface area contributed by atoms with E-state index >= 15 is 0 Å². The molecule has 1 saturated heterocycles. The van der Waals surface area contributed by atoms with Crippen LogP contribution in [0.15, 0.2) is 37.2 Å². The summed E-state index contributed by atoms with van der Waals surface area (Å²) in [6.45, 7) is 4.82. The smallest absolute Gasteiger partial charge is 0.245 e. The number of likely N-dealkylation sites (tertiary alicyclic amines) is 1. The van der Waals surface area contributed by atoms with Crippen molar-refractivity contribution in [3.8, 4) is 23.3 Å². The molecule has 0 bridgehead atoms. The molecule has 32 heavy (non-hydrogen) atoms. The van der Waals surface area contributed by atoms with Gasteiger partial charge < -0.3 is 20.1 Å². The third-order valence-corrected chi connectivity index (χ3v) is 5.49. The number of methoxy groups -OCH3 is 2. The van der Waals surface area contributed by atoms with Gasteiger partial charge in [0.05, 0.1) is 25.6 Å². The van der Waals surface area contributed by atoms with Crippen LogP contribution in [0.3, 0.4) is 0 Å². The van der Waals surface area contributed by atoms with Gasteiger partial charge >= 0.3 is 0 Å². The van der Waals surface area contributed by atoms with E-state index in [9.17, 15) is 4.79 Å². The van der Waals surface area contributed by atoms with Crippen molar-refractivity contribution in [3.63, 3.8) is 0 Å². The van der Waals surface area contributed by atoms with Crippen molar-refractivity contribution in [1.29, 1.82) is 0 Å². The zero-order chi connectivity index (χ0) is 22.7. The Morgan fingerprint density at radius 1 is 1.16 bits per heavy atom. The molecule has 1 aliphatic rings. The second kappa shape index (κ2) is 8.98. The fourth-order valence-electron chi connectivity index (χ4n) is 3.81. The van der Waals surface area contributed by atoms with Crippen LogP contribution in [0.25, 0.3) is 11.0 Å². The van der Waals surface area contributed by atoms with Crippen LogP contribution < -0.4 is 15.2 Å². The summed E-state index contributed by atoms with van der Waals surface area (Å²) in [6, 6.07) is 5.50. The van der Waals surface area contributed by atoms with Crippen LogP contribution >= 0.6 is 0 Å². The molecule has 2 aromatic heterocycles. The van der Waals surface area contributed by atoms with Gasteiger partial charge in [-0.05, 0) is 37.0 Å². The highest BCUT2D eigenvalue weighted by atomic mass is 16.5. The first kappa shape index (κ1) is 21.2. The van der Waals surface area contributed by atoms with Gasteiger partial charge in [0.15, 0.2) is 5.65 Å². The summed E-state index contributed by atoms with van der Waals surface area (Å²) in [7, 11) is 3.18. The average molecular weight is 432 g/mol. The second-order valence-corrected chi connectivity index (χ2v) is 7.36. The van der Waals surface area contributed by atoms with Crippen molar-refractivity contribution in [2.75, 3.05) is 33.0 Å². The number of nitrogens with zero attached hydrogens (tertiary/aromatic N) is 5. The number of nitrogens with two attached hydrogens (primary N) is 1. The van der Waals surface area contributed by atoms with Gasteiger partial charge in [-0.25, -0.2) is 14.6 Å². The lowest BCUT2D eigenvalue weighted by atomic mass is 10.1. The SMILES string of the molecule is C=CC(=O)N1CCC(n2nc(C#Cc3cc(OC)cc(OC)c3)c3c(N)ncnc32)CC1. The summed E-state index contributed by atoms with van der Waals surface area (Å²) in [5.74, 6) is 7.79. The number of piperidine rings is 1. The van der Waals surface area contributed by atoms with E-state index in [1.165, 1.54) is 12.4 Å². The first-order valence-electron chi connectivity index (χ1n) is 10.2. The summed E-state index contributed by atoms with van der Waals surface area (Å²) in [4.78, 5) is 22.2. The fraction of sp³-hybridized carbons (Fsp3) is 0.304. The van der Waals surface area contributed by atoms with Crippen LogP contribution in [0, 0.1) is 11.8 Å². The van der Waals surface area contributed by atoms with E-state index < -0.39 is 0 Å². The molecule has 0 spiro atoms. The summed E-state index contributed by atoms with van der Waals surface area (Å²) >= 11 is 0. The van der Waals surface area contributed by atoms with Crippen LogP contribution in [0.1, 0.15) is 30.1 Å². The summed E-state index contributed by atoms with van der Waals surface area (Å²) in [5, 5.41) is 5.36. The van der Waals surface area contributed by atoms with Crippen molar-refractivity contribution in [3.05, 3.63) is 48.4 Å². The Balaban J connectivity index is 1.70. The number of hydrogen-bond donors (Lipinski definition) is 1. The lowest BCUT2D eigenvalue weighted by Gasteiger charge is -2.31. The topological polar surface area (TPSA) is 108 Å². The highest BCUT2D eigenvalue weighted by molar-refractivity contribution is 5.90. The molecular weight excluding hydrogens is 408 g/mol. The van der Waals surface area contributed by atoms with E-state index in [2.05, 4.69) is 28.4 Å². The van der Waals surface area contributed by atoms with Crippen LogP contribution in [0.2, 0.25) is 0 Å². The van der Waals surface area contributed by atoms with Crippen LogP contribution in [0.4, 0.5) is 5.82 Å². The van der Waals surface area contributed by atoms with Crippen molar-refractivity contribution in [1.82, 2.24) is 24.6 Å². The molecule has 3 heterocycles. The predicted octanol–water partition coefficient (Wildman–Crippen LogP) is 2.17. The molecule has 3 aromatic rings. The average Bonchev–Trinajstić information content (AvgIpc) is 3.22. The molecule has 2 N–H and O–H groups in total. The van der Waals surface area contributed by atoms with Crippen molar-refractivity contribution >= 4 is 22.8 Å². The second-order valence-electron chi connectivity index (χ2n) is 7.36. The third-order valence-electron chi connectivity index (χ3n) is 5.49. The van der Waals surface area contributed by atoms with Gasteiger partial charge in [0.1, 0.15) is 29.3 Å². The van der Waals surface area contributed by atoms with Gasteiger partial charge in [0.25, 0.3) is 0 Å². The molecule has 1 aliphatic heterocycles. The van der Waals surface area contributed by atoms with Gasteiger partial charge in [-0.2, -0.15) is 5.10 Å². The number of rotatable bonds is 4. The first-order chi connectivity index (χ1) is 15.5. The molecule has 0 radical (unpaired) electrons. The van der Waals surface area contributed by atoms with E-state index in [0.717, 1.165) is 18.4 Å². The minimum atomic E-state index is -0.0550. The summed E-state index contributed by atoms with van der Waals surface area (Å²) < 4.78 is 12.5. The minimum Gasteiger partial charge on any atom is -0.497 e. The van der Waals surface area contributed by atoms with Crippen LogP contribution in [0.5, 0.6) is 11.5 Å². The van der Waals surface area contributed by atoms with Crippen LogP contribution in [-0.2, 0) is 4.79 Å². The molecule has 164 valence electrons. The molecule has 0 atom stereocenters. The first-order valence-corrected chi connectivity index (χ1v) is 10.2. The Bertz CT molecular complexity index is 1210. The van der Waals surface area contributed by atoms with Crippen molar-refractivity contribution in [2.45, 2.75) is 18.9 Å². The molecule has 1 aromatic carbocycles. The Labute approximate surface area is 185 Å². The van der Waals surface area contributed by atoms with Crippen molar-refractivity contribution < 1.29 is 14.3 Å². The van der Waals surface area contributed by atoms with Gasteiger partial charge in [-0.15, -0.1) is 0 Å². The van der Waals surface area contributed by atoms with E-state index in [4.69, 9.17) is 20.3 Å². The maximum atomic E-state index is 11.9. The Kier molecular flexibility index (Phi) is 5.94. The van der Waals surface area contributed by atoms with Crippen molar-refractivity contribution in [2.24, 2.45) is 0 Å². The molecule has 1 fully saturated rings. The third kappa shape index (κ3) is 4.07. The molecule has 0 unspecified atom stereocenters. The van der Waals surface area contributed by atoms with E-state index in [0.29, 0.717) is 47.1 Å². The lowest BCUT2D eigenvalue weighted by Crippen LogP contribution is -2.38. The molecular formula is C23H24N6O3. The molecule has 4 rings (SSSR count). The van der Waals surface area contributed by atoms with Gasteiger partial charge in [0, 0.05) is 24.7 Å². The fourth-order valence-corrected chi connectivity index (χ4v) is 3.81. The normalized spacial score (nSPS) is 14.0. The monoisotopic (exact) mass is 432 g/mol. The number of benzene rings is 1. The number of carbonyl (C=O) groups is 1. The summed E-state index contributed by atoms with van der Waals surface area (Å²) in [5.41, 5.74) is 8.02. The Morgan fingerprint density at radius 2 is 1.84 bits per heavy atom. The van der Waals surface area contributed by atoms with E-state index in [1.807, 2.05) is 16.8 Å². The van der Waals surface area contributed by atoms with E-state index in [1.54, 1.807) is 25.2 Å². The molecule has 0 aliphatic carbocycles. The van der Waals surface area contributed by atoms with Gasteiger partial charge in [-0.3, -0.25) is 4.79 Å². The molecule has 9 heteroatoms. The number of aromatic nitrogens is 4. The molecule has 0 saturated carbocycles. The standard InChI is InChI=1S/C23H24N6O3/c1-4-20(30)28-9-7-16(8-10-28)29-23-21(22(24)25-14-26-23)19(27-29)6-5-15-11-17(31-2)13-18(12-15)32-3/h4,11-14,16H,1,7-10H2,2-3H3,(H2,24,25,26). The van der Waals surface area contributed by atoms with Crippen LogP contribution in [-0.4, -0.2) is 57.9 Å². The van der Waals surface area contributed by atoms with E-state index in [-0.39, 0.29) is 11.9 Å². The number of hydrogen-bond acceptors (Lipinski definition) is 7. The maximum Gasteiger partial charge on any atom is 0.245 e. The van der Waals surface area contributed by atoms with Gasteiger partial charge in [0.2, 0.25) is 5.91 Å². The highest BCUT2D eigenvalue weighted by Crippen LogP contribution is 2.29. The number of nitrogen functional groups attached to an aromatic ring is 1. The Hall–Kier alpha value is -4.06. The molecule has 9 nitrogen and oxygen atoms in total. The number of fused-ring (bicyclic) bond motifs is 1. The zero-order valence-electron chi connectivity index (χ0n) is 18.0. The predicted molar refractivity (Wildman–Crippen MR) is 120 cm³/mol. The highest BCUT2D eigenvalue weighted by Gasteiger charge is 2.26. The maximum absolute atomic E-state index is 11.9. The Morgan fingerprint density at radius 3 is 2.47 bits per heavy atom. The number of anilines is 1. The molecule has 1 amide bonds. The minimum absolute atomic E-state index is 0.0550. The van der Waals surface area contributed by atoms with Gasteiger partial charge in [-0.1, -0.05) is 12.5 Å². The number of carbonyl (C=O) groups excluding carboxylic acids is 1. The quantitative estimate of drug-likeness (QED) is 0.497. The number of ether oxygens (including phenoxy) is 2.